The third-order valence-electron chi connectivity index (χ3n) is 5.39. The van der Waals surface area contributed by atoms with Crippen LogP contribution in [0.25, 0.3) is 0 Å². The lowest BCUT2D eigenvalue weighted by Gasteiger charge is -2.31. The standard InChI is InChI=1S/C24H25NO.CH5N/c1-4-25(5-2)18-14-15-21-23(16-18)26-22-13-9-8-12-20(22)24(21)19-11-7-6-10-17(19)3;1-2/h6-16,24H,4-5H2,1-3H3;2H2,1H3. The van der Waals surface area contributed by atoms with Crippen molar-refractivity contribution in [2.45, 2.75) is 26.7 Å². The molecule has 0 amide bonds. The fourth-order valence-electron chi connectivity index (χ4n) is 3.98. The van der Waals surface area contributed by atoms with Crippen LogP contribution in [0.2, 0.25) is 0 Å². The van der Waals surface area contributed by atoms with Crippen molar-refractivity contribution in [3.05, 3.63) is 89.0 Å². The summed E-state index contributed by atoms with van der Waals surface area (Å²) in [5, 5.41) is 0. The first-order chi connectivity index (χ1) is 13.7. The number of nitrogens with two attached hydrogens (primary N) is 1. The molecule has 1 aliphatic heterocycles. The molecule has 0 radical (unpaired) electrons. The van der Waals surface area contributed by atoms with Crippen LogP contribution < -0.4 is 15.4 Å². The molecule has 1 heterocycles. The van der Waals surface area contributed by atoms with Crippen molar-refractivity contribution in [2.24, 2.45) is 5.73 Å². The van der Waals surface area contributed by atoms with E-state index in [1.165, 1.54) is 35.0 Å². The first kappa shape index (κ1) is 20.0. The SMILES string of the molecule is CCN(CC)c1ccc2c(c1)Oc1ccccc1C2c1ccccc1C.CN. The van der Waals surface area contributed by atoms with Crippen molar-refractivity contribution >= 4 is 5.69 Å². The molecule has 3 aromatic rings. The predicted molar refractivity (Wildman–Crippen MR) is 119 cm³/mol. The summed E-state index contributed by atoms with van der Waals surface area (Å²) in [6.07, 6.45) is 0. The van der Waals surface area contributed by atoms with E-state index in [9.17, 15) is 0 Å². The lowest BCUT2D eigenvalue weighted by Crippen LogP contribution is -2.22. The van der Waals surface area contributed by atoms with Gasteiger partial charge in [0.05, 0.1) is 0 Å². The van der Waals surface area contributed by atoms with E-state index in [1.54, 1.807) is 0 Å². The average Bonchev–Trinajstić information content (AvgIpc) is 2.75. The molecular formula is C25H30N2O. The summed E-state index contributed by atoms with van der Waals surface area (Å²) in [5.74, 6) is 2.15. The van der Waals surface area contributed by atoms with Gasteiger partial charge in [-0.25, -0.2) is 0 Å². The van der Waals surface area contributed by atoms with Crippen LogP contribution in [0.4, 0.5) is 5.69 Å². The highest BCUT2D eigenvalue weighted by molar-refractivity contribution is 5.63. The molecule has 28 heavy (non-hydrogen) atoms. The lowest BCUT2D eigenvalue weighted by molar-refractivity contribution is 0.452. The van der Waals surface area contributed by atoms with Crippen LogP contribution in [0, 0.1) is 6.92 Å². The number of ether oxygens (including phenoxy) is 1. The van der Waals surface area contributed by atoms with Gasteiger partial charge in [0.1, 0.15) is 11.5 Å². The Morgan fingerprint density at radius 2 is 1.39 bits per heavy atom. The first-order valence-corrected chi connectivity index (χ1v) is 10.0. The number of aryl methyl sites for hydroxylation is 1. The molecule has 3 aromatic carbocycles. The van der Waals surface area contributed by atoms with Gasteiger partial charge in [0.25, 0.3) is 0 Å². The Bertz CT molecular complexity index is 920. The number of benzene rings is 3. The third kappa shape index (κ3) is 3.63. The molecule has 0 saturated heterocycles. The second-order valence-corrected chi connectivity index (χ2v) is 6.82. The van der Waals surface area contributed by atoms with Crippen LogP contribution in [0.15, 0.2) is 66.7 Å². The quantitative estimate of drug-likeness (QED) is 0.498. The number of para-hydroxylation sites is 1. The third-order valence-corrected chi connectivity index (χ3v) is 5.39. The molecule has 146 valence electrons. The molecule has 3 heteroatoms. The maximum atomic E-state index is 6.32. The number of hydrogen-bond acceptors (Lipinski definition) is 3. The van der Waals surface area contributed by atoms with E-state index >= 15 is 0 Å². The molecule has 0 aromatic heterocycles. The Morgan fingerprint density at radius 3 is 2.07 bits per heavy atom. The number of rotatable bonds is 4. The van der Waals surface area contributed by atoms with Crippen molar-refractivity contribution in [2.75, 3.05) is 25.0 Å². The van der Waals surface area contributed by atoms with Crippen LogP contribution >= 0.6 is 0 Å². The largest absolute Gasteiger partial charge is 0.457 e. The van der Waals surface area contributed by atoms with Gasteiger partial charge in [-0.2, -0.15) is 0 Å². The summed E-state index contributed by atoms with van der Waals surface area (Å²) in [6.45, 7) is 8.56. The van der Waals surface area contributed by atoms with Crippen LogP contribution in [0.3, 0.4) is 0 Å². The summed E-state index contributed by atoms with van der Waals surface area (Å²) >= 11 is 0. The Balaban J connectivity index is 0.00000109. The van der Waals surface area contributed by atoms with E-state index in [0.29, 0.717) is 0 Å². The molecular weight excluding hydrogens is 344 g/mol. The van der Waals surface area contributed by atoms with Crippen molar-refractivity contribution in [1.82, 2.24) is 0 Å². The second kappa shape index (κ2) is 8.94. The van der Waals surface area contributed by atoms with E-state index in [2.05, 4.69) is 92.1 Å². The number of anilines is 1. The molecule has 1 atom stereocenters. The zero-order chi connectivity index (χ0) is 20.1. The van der Waals surface area contributed by atoms with E-state index < -0.39 is 0 Å². The molecule has 1 unspecified atom stereocenters. The normalized spacial score (nSPS) is 14.1. The van der Waals surface area contributed by atoms with Gasteiger partial charge in [0, 0.05) is 41.9 Å². The maximum Gasteiger partial charge on any atom is 0.133 e. The van der Waals surface area contributed by atoms with Gasteiger partial charge >= 0.3 is 0 Å². The molecule has 1 aliphatic rings. The van der Waals surface area contributed by atoms with E-state index in [4.69, 9.17) is 4.74 Å². The molecule has 0 aliphatic carbocycles. The van der Waals surface area contributed by atoms with Gasteiger partial charge < -0.3 is 15.4 Å². The topological polar surface area (TPSA) is 38.5 Å². The fraction of sp³-hybridized carbons (Fsp3) is 0.280. The van der Waals surface area contributed by atoms with Gasteiger partial charge in [0.15, 0.2) is 0 Å². The zero-order valence-corrected chi connectivity index (χ0v) is 17.3. The van der Waals surface area contributed by atoms with Gasteiger partial charge in [-0.05, 0) is 51.1 Å². The van der Waals surface area contributed by atoms with Crippen molar-refractivity contribution < 1.29 is 4.74 Å². The molecule has 4 rings (SSSR count). The average molecular weight is 375 g/mol. The Labute approximate surface area is 168 Å². The van der Waals surface area contributed by atoms with Crippen molar-refractivity contribution in [3.63, 3.8) is 0 Å². The molecule has 0 fully saturated rings. The maximum absolute atomic E-state index is 6.32. The van der Waals surface area contributed by atoms with Crippen molar-refractivity contribution in [1.29, 1.82) is 0 Å². The minimum absolute atomic E-state index is 0.210. The smallest absolute Gasteiger partial charge is 0.133 e. The van der Waals surface area contributed by atoms with E-state index in [1.807, 2.05) is 6.07 Å². The Hall–Kier alpha value is -2.78. The summed E-state index contributed by atoms with van der Waals surface area (Å²) < 4.78 is 6.32. The van der Waals surface area contributed by atoms with Crippen molar-refractivity contribution in [3.8, 4) is 11.5 Å². The molecule has 2 N–H and O–H groups in total. The van der Waals surface area contributed by atoms with E-state index in [0.717, 1.165) is 24.6 Å². The summed E-state index contributed by atoms with van der Waals surface area (Å²) in [5.41, 5.74) is 10.9. The van der Waals surface area contributed by atoms with Crippen LogP contribution in [-0.4, -0.2) is 20.1 Å². The Morgan fingerprint density at radius 1 is 0.786 bits per heavy atom. The fourth-order valence-corrected chi connectivity index (χ4v) is 3.98. The molecule has 3 nitrogen and oxygen atoms in total. The lowest BCUT2D eigenvalue weighted by atomic mass is 9.81. The second-order valence-electron chi connectivity index (χ2n) is 6.82. The first-order valence-electron chi connectivity index (χ1n) is 10.0. The molecule has 0 saturated carbocycles. The van der Waals surface area contributed by atoms with Crippen LogP contribution in [-0.2, 0) is 0 Å². The van der Waals surface area contributed by atoms with Gasteiger partial charge in [0.2, 0.25) is 0 Å². The predicted octanol–water partition coefficient (Wildman–Crippen LogP) is 5.70. The molecule has 0 spiro atoms. The van der Waals surface area contributed by atoms with Gasteiger partial charge in [-0.15, -0.1) is 0 Å². The van der Waals surface area contributed by atoms with Crippen LogP contribution in [0.5, 0.6) is 11.5 Å². The minimum atomic E-state index is 0.210. The zero-order valence-electron chi connectivity index (χ0n) is 17.3. The minimum Gasteiger partial charge on any atom is -0.457 e. The molecule has 0 bridgehead atoms. The highest BCUT2D eigenvalue weighted by Crippen LogP contribution is 2.48. The summed E-state index contributed by atoms with van der Waals surface area (Å²) in [6, 6.07) is 23.8. The van der Waals surface area contributed by atoms with Gasteiger partial charge in [-0.1, -0.05) is 48.5 Å². The number of hydrogen-bond donors (Lipinski definition) is 1. The highest BCUT2D eigenvalue weighted by atomic mass is 16.5. The highest BCUT2D eigenvalue weighted by Gasteiger charge is 2.29. The monoisotopic (exact) mass is 374 g/mol. The summed E-state index contributed by atoms with van der Waals surface area (Å²) in [4.78, 5) is 2.35. The number of nitrogens with zero attached hydrogens (tertiary/aromatic N) is 1. The van der Waals surface area contributed by atoms with E-state index in [-0.39, 0.29) is 5.92 Å². The number of fused-ring (bicyclic) bond motifs is 2. The summed E-state index contributed by atoms with van der Waals surface area (Å²) in [7, 11) is 1.50. The van der Waals surface area contributed by atoms with Crippen LogP contribution in [0.1, 0.15) is 42.0 Å². The Kier molecular flexibility index (Phi) is 6.37. The van der Waals surface area contributed by atoms with Gasteiger partial charge in [-0.3, -0.25) is 0 Å².